The van der Waals surface area contributed by atoms with Crippen LogP contribution in [-0.2, 0) is 22.4 Å². The van der Waals surface area contributed by atoms with Crippen molar-refractivity contribution in [3.05, 3.63) is 69.6 Å². The Bertz CT molecular complexity index is 1170. The van der Waals surface area contributed by atoms with Crippen molar-refractivity contribution in [1.82, 2.24) is 4.98 Å². The lowest BCUT2D eigenvalue weighted by Crippen LogP contribution is -2.06. The molecule has 1 N–H and O–H groups in total. The summed E-state index contributed by atoms with van der Waals surface area (Å²) in [7, 11) is 1.37. The van der Waals surface area contributed by atoms with E-state index < -0.39 is 0 Å². The molecule has 0 aliphatic carbocycles. The van der Waals surface area contributed by atoms with Gasteiger partial charge in [-0.1, -0.05) is 37.6 Å². The van der Waals surface area contributed by atoms with Crippen molar-refractivity contribution in [3.63, 3.8) is 0 Å². The Hall–Kier alpha value is -3.12. The summed E-state index contributed by atoms with van der Waals surface area (Å²) in [5.41, 5.74) is 3.77. The van der Waals surface area contributed by atoms with Crippen LogP contribution in [0.25, 0.3) is 11.5 Å². The number of phenols is 1. The molecule has 2 aromatic carbocycles. The minimum Gasteiger partial charge on any atom is -0.507 e. The Morgan fingerprint density at radius 1 is 1.12 bits per heavy atom. The van der Waals surface area contributed by atoms with E-state index in [1.807, 2.05) is 32.9 Å². The van der Waals surface area contributed by atoms with Gasteiger partial charge in [0.05, 0.1) is 18.4 Å². The highest BCUT2D eigenvalue weighted by Crippen LogP contribution is 2.34. The lowest BCUT2D eigenvalue weighted by atomic mass is 9.97. The second kappa shape index (κ2) is 10.7. The van der Waals surface area contributed by atoms with E-state index >= 15 is 0 Å². The number of hydrogen-bond donors (Lipinski definition) is 1. The number of nitrogens with zero attached hydrogens (tertiary/aromatic N) is 1. The number of ether oxygens (including phenoxy) is 1. The number of carbonyl (C=O) groups is 2. The molecule has 0 fully saturated rings. The second-order valence-electron chi connectivity index (χ2n) is 8.29. The van der Waals surface area contributed by atoms with Crippen molar-refractivity contribution in [1.29, 1.82) is 0 Å². The van der Waals surface area contributed by atoms with Crippen molar-refractivity contribution >= 4 is 23.4 Å². The van der Waals surface area contributed by atoms with Crippen LogP contribution in [0.1, 0.15) is 65.5 Å². The van der Waals surface area contributed by atoms with Crippen LogP contribution in [0, 0.1) is 6.92 Å². The predicted octanol–water partition coefficient (Wildman–Crippen LogP) is 6.05. The number of esters is 1. The fraction of sp³-hybridized carbons (Fsp3) is 0.346. The summed E-state index contributed by atoms with van der Waals surface area (Å²) in [6.45, 7) is 5.92. The topological polar surface area (TPSA) is 89.6 Å². The van der Waals surface area contributed by atoms with Gasteiger partial charge in [0.2, 0.25) is 5.89 Å². The Kier molecular flexibility index (Phi) is 7.92. The van der Waals surface area contributed by atoms with Gasteiger partial charge < -0.3 is 14.3 Å². The molecule has 1 heterocycles. The zero-order valence-corrected chi connectivity index (χ0v) is 20.0. The SMILES string of the molecule is COC(=O)CCc1ccc(C(=O)CCc2nc(-c3ccc(Cl)cc3O)oc2C(C)C)cc1C. The minimum atomic E-state index is -0.255. The molecule has 0 saturated heterocycles. The maximum atomic E-state index is 12.9. The molecule has 0 radical (unpaired) electrons. The van der Waals surface area contributed by atoms with Crippen molar-refractivity contribution in [2.75, 3.05) is 7.11 Å². The summed E-state index contributed by atoms with van der Waals surface area (Å²) in [6.07, 6.45) is 1.58. The van der Waals surface area contributed by atoms with Gasteiger partial charge in [-0.15, -0.1) is 0 Å². The van der Waals surface area contributed by atoms with E-state index in [1.165, 1.54) is 13.2 Å². The number of halogens is 1. The highest BCUT2D eigenvalue weighted by atomic mass is 35.5. The number of carbonyl (C=O) groups excluding carboxylic acids is 2. The second-order valence-corrected chi connectivity index (χ2v) is 8.72. The van der Waals surface area contributed by atoms with Crippen molar-refractivity contribution < 1.29 is 23.8 Å². The summed E-state index contributed by atoms with van der Waals surface area (Å²) >= 11 is 5.92. The number of ketones is 1. The molecule has 0 bridgehead atoms. The van der Waals surface area contributed by atoms with E-state index in [0.717, 1.165) is 11.1 Å². The average Bonchev–Trinajstić information content (AvgIpc) is 3.20. The normalized spacial score (nSPS) is 11.1. The highest BCUT2D eigenvalue weighted by Gasteiger charge is 2.20. The first-order chi connectivity index (χ1) is 15.7. The number of aromatic nitrogens is 1. The number of Topliss-reactive ketones (excluding diaryl/α,β-unsaturated/α-hetero) is 1. The third kappa shape index (κ3) is 6.02. The first kappa shape index (κ1) is 24.5. The first-order valence-electron chi connectivity index (χ1n) is 10.9. The number of rotatable bonds is 9. The summed E-state index contributed by atoms with van der Waals surface area (Å²) in [6, 6.07) is 10.3. The van der Waals surface area contributed by atoms with Gasteiger partial charge in [0.25, 0.3) is 0 Å². The molecule has 3 aromatic rings. The van der Waals surface area contributed by atoms with Crippen LogP contribution in [0.5, 0.6) is 5.75 Å². The zero-order valence-electron chi connectivity index (χ0n) is 19.3. The maximum absolute atomic E-state index is 12.9. The van der Waals surface area contributed by atoms with Crippen LogP contribution in [0.2, 0.25) is 5.02 Å². The average molecular weight is 470 g/mol. The smallest absolute Gasteiger partial charge is 0.305 e. The lowest BCUT2D eigenvalue weighted by Gasteiger charge is -2.08. The van der Waals surface area contributed by atoms with Gasteiger partial charge in [0, 0.05) is 35.8 Å². The molecule has 0 amide bonds. The Morgan fingerprint density at radius 3 is 2.52 bits per heavy atom. The number of phenolic OH excluding ortho intramolecular Hbond substituents is 1. The fourth-order valence-electron chi connectivity index (χ4n) is 3.66. The molecule has 0 aliphatic heterocycles. The van der Waals surface area contributed by atoms with Crippen LogP contribution in [-0.4, -0.2) is 29.0 Å². The van der Waals surface area contributed by atoms with E-state index in [9.17, 15) is 14.7 Å². The number of aryl methyl sites for hydroxylation is 3. The number of aromatic hydroxyl groups is 1. The molecule has 1 aromatic heterocycles. The quantitative estimate of drug-likeness (QED) is 0.303. The summed E-state index contributed by atoms with van der Waals surface area (Å²) in [5, 5.41) is 10.6. The molecule has 0 atom stereocenters. The molecule has 0 saturated carbocycles. The van der Waals surface area contributed by atoms with Crippen LogP contribution >= 0.6 is 11.6 Å². The van der Waals surface area contributed by atoms with Crippen LogP contribution in [0.3, 0.4) is 0 Å². The summed E-state index contributed by atoms with van der Waals surface area (Å²) in [5.74, 6) is 0.815. The van der Waals surface area contributed by atoms with E-state index in [2.05, 4.69) is 9.72 Å². The highest BCUT2D eigenvalue weighted by molar-refractivity contribution is 6.30. The molecule has 0 spiro atoms. The van der Waals surface area contributed by atoms with Gasteiger partial charge in [-0.25, -0.2) is 4.98 Å². The summed E-state index contributed by atoms with van der Waals surface area (Å²) < 4.78 is 10.6. The van der Waals surface area contributed by atoms with E-state index in [-0.39, 0.29) is 29.8 Å². The monoisotopic (exact) mass is 469 g/mol. The molecular weight excluding hydrogens is 442 g/mol. The molecule has 174 valence electrons. The third-order valence-corrected chi connectivity index (χ3v) is 5.76. The zero-order chi connectivity index (χ0) is 24.1. The number of hydrogen-bond acceptors (Lipinski definition) is 6. The molecule has 6 nitrogen and oxygen atoms in total. The lowest BCUT2D eigenvalue weighted by molar-refractivity contribution is -0.140. The van der Waals surface area contributed by atoms with Crippen molar-refractivity contribution in [3.8, 4) is 17.2 Å². The number of benzene rings is 2. The minimum absolute atomic E-state index is 0.00575. The molecule has 3 rings (SSSR count). The fourth-order valence-corrected chi connectivity index (χ4v) is 3.83. The van der Waals surface area contributed by atoms with Crippen molar-refractivity contribution in [2.45, 2.75) is 52.4 Å². The Morgan fingerprint density at radius 2 is 1.88 bits per heavy atom. The maximum Gasteiger partial charge on any atom is 0.305 e. The Labute approximate surface area is 198 Å². The van der Waals surface area contributed by atoms with E-state index in [1.54, 1.807) is 18.2 Å². The van der Waals surface area contributed by atoms with Crippen LogP contribution in [0.4, 0.5) is 0 Å². The third-order valence-electron chi connectivity index (χ3n) is 5.52. The number of methoxy groups -OCH3 is 1. The Balaban J connectivity index is 1.73. The first-order valence-corrected chi connectivity index (χ1v) is 11.3. The van der Waals surface area contributed by atoms with Gasteiger partial charge in [0.1, 0.15) is 11.5 Å². The van der Waals surface area contributed by atoms with Gasteiger partial charge in [0.15, 0.2) is 5.78 Å². The van der Waals surface area contributed by atoms with Gasteiger partial charge in [-0.3, -0.25) is 9.59 Å². The van der Waals surface area contributed by atoms with Gasteiger partial charge in [-0.05, 0) is 48.7 Å². The predicted molar refractivity (Wildman–Crippen MR) is 127 cm³/mol. The van der Waals surface area contributed by atoms with Crippen LogP contribution in [0.15, 0.2) is 40.8 Å². The summed E-state index contributed by atoms with van der Waals surface area (Å²) in [4.78, 5) is 28.8. The molecule has 7 heteroatoms. The standard InChI is InChI=1S/C26H28ClNO5/c1-15(2)25-21(28-26(33-25)20-9-8-19(27)14-23(20)30)10-11-22(29)18-6-5-17(16(3)13-18)7-12-24(31)32-4/h5-6,8-9,13-15,30H,7,10-12H2,1-4H3. The largest absolute Gasteiger partial charge is 0.507 e. The van der Waals surface area contributed by atoms with Crippen LogP contribution < -0.4 is 0 Å². The van der Waals surface area contributed by atoms with Gasteiger partial charge >= 0.3 is 5.97 Å². The van der Waals surface area contributed by atoms with E-state index in [0.29, 0.717) is 52.8 Å². The van der Waals surface area contributed by atoms with Gasteiger partial charge in [-0.2, -0.15) is 0 Å². The molecular formula is C26H28ClNO5. The molecule has 33 heavy (non-hydrogen) atoms. The van der Waals surface area contributed by atoms with Crippen molar-refractivity contribution in [2.24, 2.45) is 0 Å². The van der Waals surface area contributed by atoms with E-state index in [4.69, 9.17) is 16.0 Å². The number of oxazole rings is 1. The molecule has 0 unspecified atom stereocenters. The molecule has 0 aliphatic rings.